The largest absolute Gasteiger partial charge is 0.353 e. The van der Waals surface area contributed by atoms with Crippen molar-refractivity contribution in [3.8, 4) is 0 Å². The van der Waals surface area contributed by atoms with Gasteiger partial charge in [0.25, 0.3) is 0 Å². The number of carbonyl (C=O) groups is 1. The molecule has 1 amide bonds. The number of nitrogens with one attached hydrogen (secondary N) is 1. The van der Waals surface area contributed by atoms with Gasteiger partial charge in [0.15, 0.2) is 0 Å². The molecule has 3 N–H and O–H groups in total. The van der Waals surface area contributed by atoms with Gasteiger partial charge in [-0.1, -0.05) is 19.3 Å². The first-order valence-electron chi connectivity index (χ1n) is 7.01. The molecular formula is C13H25N3O. The highest BCUT2D eigenvalue weighted by Crippen LogP contribution is 2.17. The topological polar surface area (TPSA) is 58.4 Å². The molecule has 0 spiro atoms. The van der Waals surface area contributed by atoms with Gasteiger partial charge in [0, 0.05) is 31.6 Å². The molecule has 98 valence electrons. The van der Waals surface area contributed by atoms with Gasteiger partial charge in [-0.25, -0.2) is 0 Å². The Labute approximate surface area is 104 Å². The molecule has 1 saturated carbocycles. The second-order valence-electron chi connectivity index (χ2n) is 5.50. The predicted octanol–water partition coefficient (Wildman–Crippen LogP) is 0.858. The van der Waals surface area contributed by atoms with E-state index in [9.17, 15) is 4.79 Å². The van der Waals surface area contributed by atoms with Gasteiger partial charge < -0.3 is 16.0 Å². The summed E-state index contributed by atoms with van der Waals surface area (Å²) in [4.78, 5) is 14.1. The molecule has 1 heterocycles. The first kappa shape index (κ1) is 12.8. The molecule has 1 aliphatic carbocycles. The Bertz CT molecular complexity index is 251. The van der Waals surface area contributed by atoms with Crippen LogP contribution in [0.5, 0.6) is 0 Å². The number of amides is 1. The van der Waals surface area contributed by atoms with Crippen molar-refractivity contribution in [1.29, 1.82) is 0 Å². The fourth-order valence-corrected chi connectivity index (χ4v) is 2.87. The molecule has 0 unspecified atom stereocenters. The molecule has 0 radical (unpaired) electrons. The lowest BCUT2D eigenvalue weighted by molar-refractivity contribution is -0.122. The molecule has 2 fully saturated rings. The lowest BCUT2D eigenvalue weighted by Crippen LogP contribution is -2.38. The number of carbonyl (C=O) groups excluding carboxylic acids is 1. The maximum atomic E-state index is 11.8. The van der Waals surface area contributed by atoms with E-state index >= 15 is 0 Å². The summed E-state index contributed by atoms with van der Waals surface area (Å²) in [6, 6.07) is 0.758. The summed E-state index contributed by atoms with van der Waals surface area (Å²) in [6.45, 7) is 2.88. The van der Waals surface area contributed by atoms with E-state index in [2.05, 4.69) is 10.2 Å². The zero-order valence-electron chi connectivity index (χ0n) is 10.7. The van der Waals surface area contributed by atoms with Crippen LogP contribution in [0.4, 0.5) is 0 Å². The summed E-state index contributed by atoms with van der Waals surface area (Å²) in [7, 11) is 0. The smallest absolute Gasteiger partial charge is 0.221 e. The Hall–Kier alpha value is -0.610. The lowest BCUT2D eigenvalue weighted by atomic mass is 9.95. The van der Waals surface area contributed by atoms with Crippen molar-refractivity contribution in [3.05, 3.63) is 0 Å². The van der Waals surface area contributed by atoms with Crippen molar-refractivity contribution in [2.45, 2.75) is 57.0 Å². The molecule has 4 nitrogen and oxygen atoms in total. The van der Waals surface area contributed by atoms with E-state index in [4.69, 9.17) is 5.73 Å². The monoisotopic (exact) mass is 239 g/mol. The molecule has 17 heavy (non-hydrogen) atoms. The normalized spacial score (nSPS) is 27.2. The van der Waals surface area contributed by atoms with E-state index in [1.807, 2.05) is 0 Å². The molecule has 0 aromatic heterocycles. The second kappa shape index (κ2) is 6.36. The number of rotatable bonds is 4. The number of nitrogens with two attached hydrogens (primary N) is 1. The van der Waals surface area contributed by atoms with Crippen molar-refractivity contribution >= 4 is 5.91 Å². The molecule has 2 rings (SSSR count). The molecule has 0 aromatic carbocycles. The summed E-state index contributed by atoms with van der Waals surface area (Å²) in [5.41, 5.74) is 5.84. The first-order valence-corrected chi connectivity index (χ1v) is 7.01. The highest BCUT2D eigenvalue weighted by molar-refractivity contribution is 5.76. The third-order valence-corrected chi connectivity index (χ3v) is 3.93. The van der Waals surface area contributed by atoms with Crippen molar-refractivity contribution in [2.75, 3.05) is 19.6 Å². The predicted molar refractivity (Wildman–Crippen MR) is 68.7 cm³/mol. The number of likely N-dealkylation sites (tertiary alicyclic amines) is 1. The fraction of sp³-hybridized carbons (Fsp3) is 0.923. The third kappa shape index (κ3) is 4.28. The van der Waals surface area contributed by atoms with Crippen LogP contribution in [-0.4, -0.2) is 42.5 Å². The van der Waals surface area contributed by atoms with Crippen molar-refractivity contribution in [2.24, 2.45) is 5.73 Å². The molecule has 1 aliphatic heterocycles. The van der Waals surface area contributed by atoms with E-state index in [0.717, 1.165) is 26.1 Å². The third-order valence-electron chi connectivity index (χ3n) is 3.93. The van der Waals surface area contributed by atoms with Crippen LogP contribution in [0.15, 0.2) is 0 Å². The zero-order chi connectivity index (χ0) is 12.1. The van der Waals surface area contributed by atoms with E-state index < -0.39 is 0 Å². The van der Waals surface area contributed by atoms with Crippen LogP contribution < -0.4 is 11.1 Å². The summed E-state index contributed by atoms with van der Waals surface area (Å²) < 4.78 is 0. The quantitative estimate of drug-likeness (QED) is 0.765. The van der Waals surface area contributed by atoms with Gasteiger partial charge in [-0.2, -0.15) is 0 Å². The van der Waals surface area contributed by atoms with Gasteiger partial charge >= 0.3 is 0 Å². The van der Waals surface area contributed by atoms with Gasteiger partial charge in [-0.05, 0) is 25.8 Å². The summed E-state index contributed by atoms with van der Waals surface area (Å²) in [6.07, 6.45) is 7.91. The van der Waals surface area contributed by atoms with E-state index in [1.54, 1.807) is 0 Å². The minimum atomic E-state index is 0.220. The maximum absolute atomic E-state index is 11.8. The number of hydrogen-bond donors (Lipinski definition) is 2. The zero-order valence-corrected chi connectivity index (χ0v) is 10.7. The van der Waals surface area contributed by atoms with Crippen molar-refractivity contribution in [3.63, 3.8) is 0 Å². The van der Waals surface area contributed by atoms with Crippen LogP contribution in [0.2, 0.25) is 0 Å². The SMILES string of the molecule is N[C@@H]1CCN(CCC(=O)NC2CCCCC2)C1. The molecular weight excluding hydrogens is 214 g/mol. The van der Waals surface area contributed by atoms with Crippen molar-refractivity contribution < 1.29 is 4.79 Å². The van der Waals surface area contributed by atoms with Crippen LogP contribution >= 0.6 is 0 Å². The van der Waals surface area contributed by atoms with Crippen molar-refractivity contribution in [1.82, 2.24) is 10.2 Å². The highest BCUT2D eigenvalue weighted by atomic mass is 16.1. The molecule has 4 heteroatoms. The fourth-order valence-electron chi connectivity index (χ4n) is 2.87. The standard InChI is InChI=1S/C13H25N3O/c14-11-6-8-16(10-11)9-7-13(17)15-12-4-2-1-3-5-12/h11-12H,1-10,14H2,(H,15,17)/t11-/m1/s1. The van der Waals surface area contributed by atoms with Gasteiger partial charge in [0.05, 0.1) is 0 Å². The minimum absolute atomic E-state index is 0.220. The van der Waals surface area contributed by atoms with Gasteiger partial charge in [0.2, 0.25) is 5.91 Å². The summed E-state index contributed by atoms with van der Waals surface area (Å²) in [5.74, 6) is 0.220. The average Bonchev–Trinajstić information content (AvgIpc) is 2.74. The molecule has 1 atom stereocenters. The Morgan fingerprint density at radius 2 is 2.00 bits per heavy atom. The maximum Gasteiger partial charge on any atom is 0.221 e. The first-order chi connectivity index (χ1) is 8.24. The Kier molecular flexibility index (Phi) is 4.80. The summed E-state index contributed by atoms with van der Waals surface area (Å²) >= 11 is 0. The molecule has 0 bridgehead atoms. The average molecular weight is 239 g/mol. The second-order valence-corrected chi connectivity index (χ2v) is 5.50. The summed E-state index contributed by atoms with van der Waals surface area (Å²) in [5, 5.41) is 3.16. The van der Waals surface area contributed by atoms with Gasteiger partial charge in [-0.15, -0.1) is 0 Å². The van der Waals surface area contributed by atoms with Crippen LogP contribution in [0.25, 0.3) is 0 Å². The van der Waals surface area contributed by atoms with Crippen LogP contribution in [-0.2, 0) is 4.79 Å². The molecule has 2 aliphatic rings. The number of hydrogen-bond acceptors (Lipinski definition) is 3. The van der Waals surface area contributed by atoms with E-state index in [-0.39, 0.29) is 5.91 Å². The van der Waals surface area contributed by atoms with Gasteiger partial charge in [-0.3, -0.25) is 4.79 Å². The van der Waals surface area contributed by atoms with Crippen LogP contribution in [0, 0.1) is 0 Å². The number of nitrogens with zero attached hydrogens (tertiary/aromatic N) is 1. The van der Waals surface area contributed by atoms with E-state index in [0.29, 0.717) is 18.5 Å². The molecule has 1 saturated heterocycles. The van der Waals surface area contributed by atoms with Crippen LogP contribution in [0.3, 0.4) is 0 Å². The Morgan fingerprint density at radius 1 is 1.24 bits per heavy atom. The molecule has 0 aromatic rings. The lowest BCUT2D eigenvalue weighted by Gasteiger charge is -2.23. The van der Waals surface area contributed by atoms with E-state index in [1.165, 1.54) is 32.1 Å². The Balaban J connectivity index is 1.60. The van der Waals surface area contributed by atoms with Crippen LogP contribution in [0.1, 0.15) is 44.9 Å². The highest BCUT2D eigenvalue weighted by Gasteiger charge is 2.20. The van der Waals surface area contributed by atoms with Gasteiger partial charge in [0.1, 0.15) is 0 Å². The Morgan fingerprint density at radius 3 is 2.65 bits per heavy atom. The minimum Gasteiger partial charge on any atom is -0.353 e.